The number of hydrogen-bond donors (Lipinski definition) is 0. The number of hydrogen-bond acceptors (Lipinski definition) is 2. The Morgan fingerprint density at radius 1 is 0.950 bits per heavy atom. The van der Waals surface area contributed by atoms with Crippen molar-refractivity contribution in [1.29, 1.82) is 0 Å². The Morgan fingerprint density at radius 3 is 2.05 bits per heavy atom. The average molecular weight is 267 g/mol. The van der Waals surface area contributed by atoms with Crippen molar-refractivity contribution in [2.45, 2.75) is 40.0 Å². The Labute approximate surface area is 120 Å². The number of rotatable bonds is 2. The molecule has 0 spiro atoms. The van der Waals surface area contributed by atoms with E-state index in [9.17, 15) is 4.79 Å². The summed E-state index contributed by atoms with van der Waals surface area (Å²) in [6.45, 7) is 10.3. The van der Waals surface area contributed by atoms with Crippen molar-refractivity contribution in [2.24, 2.45) is 0 Å². The molecule has 0 N–H and O–H groups in total. The van der Waals surface area contributed by atoms with E-state index >= 15 is 0 Å². The van der Waals surface area contributed by atoms with Crippen molar-refractivity contribution < 1.29 is 4.79 Å². The molecule has 2 rings (SSSR count). The van der Waals surface area contributed by atoms with Crippen LogP contribution in [0.15, 0.2) is 36.4 Å². The van der Waals surface area contributed by atoms with Gasteiger partial charge in [-0.3, -0.25) is 9.78 Å². The summed E-state index contributed by atoms with van der Waals surface area (Å²) in [6, 6.07) is 11.6. The van der Waals surface area contributed by atoms with Crippen LogP contribution in [0.4, 0.5) is 0 Å². The lowest BCUT2D eigenvalue weighted by molar-refractivity contribution is 0.103. The topological polar surface area (TPSA) is 30.0 Å². The number of aryl methyl sites for hydroxylation is 2. The first-order chi connectivity index (χ1) is 9.29. The number of carbonyl (C=O) groups is 1. The van der Waals surface area contributed by atoms with Crippen LogP contribution in [0.25, 0.3) is 0 Å². The minimum absolute atomic E-state index is 0.0375. The summed E-state index contributed by atoms with van der Waals surface area (Å²) in [5.41, 5.74) is 4.44. The molecule has 1 heterocycles. The second kappa shape index (κ2) is 5.20. The lowest BCUT2D eigenvalue weighted by Crippen LogP contribution is -2.12. The summed E-state index contributed by atoms with van der Waals surface area (Å²) < 4.78 is 0. The first kappa shape index (κ1) is 14.4. The predicted molar refractivity (Wildman–Crippen MR) is 82.3 cm³/mol. The van der Waals surface area contributed by atoms with Gasteiger partial charge in [-0.15, -0.1) is 0 Å². The molecule has 0 saturated heterocycles. The third kappa shape index (κ3) is 2.96. The smallest absolute Gasteiger partial charge is 0.194 e. The molecule has 0 bridgehead atoms. The van der Waals surface area contributed by atoms with Gasteiger partial charge in [0.15, 0.2) is 5.78 Å². The molecular weight excluding hydrogens is 246 g/mol. The fourth-order valence-corrected chi connectivity index (χ4v) is 2.20. The lowest BCUT2D eigenvalue weighted by Gasteiger charge is -2.19. The Hall–Kier alpha value is -1.96. The van der Waals surface area contributed by atoms with Gasteiger partial charge in [0.2, 0.25) is 0 Å². The van der Waals surface area contributed by atoms with Crippen molar-refractivity contribution in [2.75, 3.05) is 0 Å². The van der Waals surface area contributed by atoms with Gasteiger partial charge in [-0.2, -0.15) is 0 Å². The molecule has 2 heteroatoms. The molecule has 0 aliphatic rings. The van der Waals surface area contributed by atoms with Gasteiger partial charge in [-0.05, 0) is 37.0 Å². The van der Waals surface area contributed by atoms with Crippen LogP contribution in [-0.2, 0) is 5.41 Å². The average Bonchev–Trinajstić information content (AvgIpc) is 2.37. The molecular formula is C18H21NO. The maximum absolute atomic E-state index is 12.5. The monoisotopic (exact) mass is 267 g/mol. The van der Waals surface area contributed by atoms with Gasteiger partial charge < -0.3 is 0 Å². The normalized spacial score (nSPS) is 11.4. The molecule has 0 saturated carbocycles. The van der Waals surface area contributed by atoms with Gasteiger partial charge in [-0.1, -0.05) is 45.0 Å². The van der Waals surface area contributed by atoms with Crippen LogP contribution in [-0.4, -0.2) is 10.8 Å². The first-order valence-corrected chi connectivity index (χ1v) is 6.88. The van der Waals surface area contributed by atoms with Crippen LogP contribution in [0.5, 0.6) is 0 Å². The lowest BCUT2D eigenvalue weighted by atomic mass is 9.86. The van der Waals surface area contributed by atoms with E-state index < -0.39 is 0 Å². The minimum Gasteiger partial charge on any atom is -0.289 e. The predicted octanol–water partition coefficient (Wildman–Crippen LogP) is 4.23. The van der Waals surface area contributed by atoms with E-state index in [2.05, 4.69) is 25.8 Å². The standard InChI is InChI=1S/C18H21NO/c1-12-6-11-16(13(2)19-12)17(20)14-7-9-15(10-8-14)18(3,4)5/h6-11H,1-5H3. The van der Waals surface area contributed by atoms with Crippen molar-refractivity contribution in [3.05, 3.63) is 64.5 Å². The van der Waals surface area contributed by atoms with Gasteiger partial charge in [0, 0.05) is 22.5 Å². The summed E-state index contributed by atoms with van der Waals surface area (Å²) in [6.07, 6.45) is 0. The van der Waals surface area contributed by atoms with Crippen molar-refractivity contribution >= 4 is 5.78 Å². The highest BCUT2D eigenvalue weighted by atomic mass is 16.1. The highest BCUT2D eigenvalue weighted by molar-refractivity contribution is 6.09. The molecule has 0 aliphatic heterocycles. The van der Waals surface area contributed by atoms with E-state index in [-0.39, 0.29) is 11.2 Å². The van der Waals surface area contributed by atoms with Gasteiger partial charge in [-0.25, -0.2) is 0 Å². The van der Waals surface area contributed by atoms with E-state index in [1.165, 1.54) is 5.56 Å². The minimum atomic E-state index is 0.0375. The van der Waals surface area contributed by atoms with Gasteiger partial charge >= 0.3 is 0 Å². The fourth-order valence-electron chi connectivity index (χ4n) is 2.20. The number of carbonyl (C=O) groups excluding carboxylic acids is 1. The molecule has 2 aromatic rings. The maximum atomic E-state index is 12.5. The van der Waals surface area contributed by atoms with E-state index in [4.69, 9.17) is 0 Å². The van der Waals surface area contributed by atoms with Crippen molar-refractivity contribution in [1.82, 2.24) is 4.98 Å². The van der Waals surface area contributed by atoms with Crippen molar-refractivity contribution in [3.8, 4) is 0 Å². The van der Waals surface area contributed by atoms with E-state index in [1.807, 2.05) is 50.2 Å². The summed E-state index contributed by atoms with van der Waals surface area (Å²) in [5, 5.41) is 0. The van der Waals surface area contributed by atoms with Gasteiger partial charge in [0.05, 0.1) is 0 Å². The third-order valence-electron chi connectivity index (χ3n) is 3.48. The summed E-state index contributed by atoms with van der Waals surface area (Å²) >= 11 is 0. The van der Waals surface area contributed by atoms with Crippen LogP contribution >= 0.6 is 0 Å². The summed E-state index contributed by atoms with van der Waals surface area (Å²) in [7, 11) is 0. The Bertz CT molecular complexity index is 633. The second-order valence-electron chi connectivity index (χ2n) is 6.24. The van der Waals surface area contributed by atoms with Crippen LogP contribution in [0, 0.1) is 13.8 Å². The zero-order valence-electron chi connectivity index (χ0n) is 12.8. The number of benzene rings is 1. The van der Waals surface area contributed by atoms with Gasteiger partial charge in [0.1, 0.15) is 0 Å². The SMILES string of the molecule is Cc1ccc(C(=O)c2ccc(C(C)(C)C)cc2)c(C)n1. The highest BCUT2D eigenvalue weighted by Gasteiger charge is 2.16. The Balaban J connectivity index is 2.34. The molecule has 0 aliphatic carbocycles. The summed E-state index contributed by atoms with van der Waals surface area (Å²) in [4.78, 5) is 16.9. The van der Waals surface area contributed by atoms with Crippen molar-refractivity contribution in [3.63, 3.8) is 0 Å². The van der Waals surface area contributed by atoms with E-state index in [0.717, 1.165) is 11.4 Å². The molecule has 0 radical (unpaired) electrons. The largest absolute Gasteiger partial charge is 0.289 e. The molecule has 1 aromatic carbocycles. The first-order valence-electron chi connectivity index (χ1n) is 6.88. The third-order valence-corrected chi connectivity index (χ3v) is 3.48. The van der Waals surface area contributed by atoms with E-state index in [1.54, 1.807) is 0 Å². The zero-order chi connectivity index (χ0) is 14.9. The Morgan fingerprint density at radius 2 is 1.55 bits per heavy atom. The number of aromatic nitrogens is 1. The number of ketones is 1. The second-order valence-corrected chi connectivity index (χ2v) is 6.24. The Kier molecular flexibility index (Phi) is 3.76. The zero-order valence-corrected chi connectivity index (χ0v) is 12.8. The van der Waals surface area contributed by atoms with Gasteiger partial charge in [0.25, 0.3) is 0 Å². The van der Waals surface area contributed by atoms with Crippen LogP contribution in [0.1, 0.15) is 53.6 Å². The molecule has 104 valence electrons. The summed E-state index contributed by atoms with van der Waals surface area (Å²) in [5.74, 6) is 0.0375. The quantitative estimate of drug-likeness (QED) is 0.762. The molecule has 0 unspecified atom stereocenters. The maximum Gasteiger partial charge on any atom is 0.194 e. The fraction of sp³-hybridized carbons (Fsp3) is 0.333. The highest BCUT2D eigenvalue weighted by Crippen LogP contribution is 2.23. The van der Waals surface area contributed by atoms with E-state index in [0.29, 0.717) is 11.1 Å². The number of pyridine rings is 1. The molecule has 1 aromatic heterocycles. The molecule has 0 atom stereocenters. The molecule has 20 heavy (non-hydrogen) atoms. The number of nitrogens with zero attached hydrogens (tertiary/aromatic N) is 1. The van der Waals surface area contributed by atoms with Crippen LogP contribution in [0.2, 0.25) is 0 Å². The molecule has 0 fully saturated rings. The van der Waals surface area contributed by atoms with Crippen LogP contribution in [0.3, 0.4) is 0 Å². The van der Waals surface area contributed by atoms with Crippen LogP contribution < -0.4 is 0 Å². The molecule has 2 nitrogen and oxygen atoms in total. The molecule has 0 amide bonds.